The maximum atomic E-state index is 5.53. The molecule has 1 rings (SSSR count). The summed E-state index contributed by atoms with van der Waals surface area (Å²) in [6.45, 7) is 8.00. The third kappa shape index (κ3) is 5.77. The normalized spacial score (nSPS) is 21.2. The molecule has 0 amide bonds. The van der Waals surface area contributed by atoms with E-state index in [0.29, 0.717) is 33.0 Å². The summed E-state index contributed by atoms with van der Waals surface area (Å²) in [4.78, 5) is 0. The van der Waals surface area contributed by atoms with Crippen molar-refractivity contribution in [1.82, 2.24) is 5.32 Å². The number of hydrogen-bond acceptors (Lipinski definition) is 5. The Morgan fingerprint density at radius 3 is 2.50 bits per heavy atom. The lowest BCUT2D eigenvalue weighted by atomic mass is 10.2. The standard InChI is InChI=1S/C11H23NO4/c1-11(2)15-8-10(9-16-11)12-4-5-14-7-6-13-3/h10,12H,4-9H2,1-3H3. The summed E-state index contributed by atoms with van der Waals surface area (Å²) in [5, 5.41) is 3.32. The molecule has 0 atom stereocenters. The molecule has 1 fully saturated rings. The first-order chi connectivity index (χ1) is 7.64. The molecule has 1 aliphatic rings. The molecule has 0 saturated carbocycles. The summed E-state index contributed by atoms with van der Waals surface area (Å²) < 4.78 is 21.3. The zero-order chi connectivity index (χ0) is 11.9. The molecule has 0 spiro atoms. The number of methoxy groups -OCH3 is 1. The van der Waals surface area contributed by atoms with Crippen LogP contribution >= 0.6 is 0 Å². The van der Waals surface area contributed by atoms with Gasteiger partial charge in [0.05, 0.1) is 39.1 Å². The average molecular weight is 233 g/mol. The first-order valence-electron chi connectivity index (χ1n) is 5.72. The van der Waals surface area contributed by atoms with Crippen molar-refractivity contribution in [3.05, 3.63) is 0 Å². The van der Waals surface area contributed by atoms with E-state index in [1.54, 1.807) is 7.11 Å². The Balaban J connectivity index is 1.94. The summed E-state index contributed by atoms with van der Waals surface area (Å²) in [5.74, 6) is -0.437. The SMILES string of the molecule is COCCOCCNC1COC(C)(C)OC1. The zero-order valence-electron chi connectivity index (χ0n) is 10.5. The molecule has 1 heterocycles. The van der Waals surface area contributed by atoms with Gasteiger partial charge in [-0.2, -0.15) is 0 Å². The Kier molecular flexibility index (Phi) is 6.23. The third-order valence-electron chi connectivity index (χ3n) is 2.38. The van der Waals surface area contributed by atoms with E-state index in [1.807, 2.05) is 13.8 Å². The minimum absolute atomic E-state index is 0.263. The van der Waals surface area contributed by atoms with Gasteiger partial charge in [-0.05, 0) is 13.8 Å². The minimum Gasteiger partial charge on any atom is -0.382 e. The van der Waals surface area contributed by atoms with Gasteiger partial charge in [0.2, 0.25) is 0 Å². The van der Waals surface area contributed by atoms with E-state index in [2.05, 4.69) is 5.32 Å². The summed E-state index contributed by atoms with van der Waals surface area (Å²) in [6, 6.07) is 0.263. The van der Waals surface area contributed by atoms with E-state index in [1.165, 1.54) is 0 Å². The van der Waals surface area contributed by atoms with Crippen LogP contribution in [0.3, 0.4) is 0 Å². The summed E-state index contributed by atoms with van der Waals surface area (Å²) in [5.41, 5.74) is 0. The molecule has 0 radical (unpaired) electrons. The van der Waals surface area contributed by atoms with Crippen LogP contribution in [0.5, 0.6) is 0 Å². The first kappa shape index (κ1) is 13.9. The van der Waals surface area contributed by atoms with Crippen LogP contribution in [-0.4, -0.2) is 58.5 Å². The minimum atomic E-state index is -0.437. The highest BCUT2D eigenvalue weighted by atomic mass is 16.7. The smallest absolute Gasteiger partial charge is 0.162 e. The van der Waals surface area contributed by atoms with E-state index in [4.69, 9.17) is 18.9 Å². The lowest BCUT2D eigenvalue weighted by Crippen LogP contribution is -2.49. The predicted molar refractivity (Wildman–Crippen MR) is 60.5 cm³/mol. The van der Waals surface area contributed by atoms with Crippen molar-refractivity contribution >= 4 is 0 Å². The molecule has 0 unspecified atom stereocenters. The molecule has 5 nitrogen and oxygen atoms in total. The van der Waals surface area contributed by atoms with Gasteiger partial charge in [-0.3, -0.25) is 0 Å². The second-order valence-corrected chi connectivity index (χ2v) is 4.28. The Bertz CT molecular complexity index is 177. The van der Waals surface area contributed by atoms with Crippen LogP contribution in [-0.2, 0) is 18.9 Å². The molecule has 96 valence electrons. The second kappa shape index (κ2) is 7.19. The zero-order valence-corrected chi connectivity index (χ0v) is 10.5. The van der Waals surface area contributed by atoms with Gasteiger partial charge in [0, 0.05) is 13.7 Å². The van der Waals surface area contributed by atoms with E-state index in [9.17, 15) is 0 Å². The summed E-state index contributed by atoms with van der Waals surface area (Å²) in [7, 11) is 1.67. The maximum Gasteiger partial charge on any atom is 0.162 e. The molecular formula is C11H23NO4. The molecule has 5 heteroatoms. The Hall–Kier alpha value is -0.200. The largest absolute Gasteiger partial charge is 0.382 e. The number of ether oxygens (including phenoxy) is 4. The lowest BCUT2D eigenvalue weighted by molar-refractivity contribution is -0.253. The van der Waals surface area contributed by atoms with Crippen molar-refractivity contribution in [1.29, 1.82) is 0 Å². The van der Waals surface area contributed by atoms with Crippen molar-refractivity contribution in [3.8, 4) is 0 Å². The van der Waals surface area contributed by atoms with Gasteiger partial charge >= 0.3 is 0 Å². The Morgan fingerprint density at radius 1 is 1.19 bits per heavy atom. The molecular weight excluding hydrogens is 210 g/mol. The van der Waals surface area contributed by atoms with E-state index in [0.717, 1.165) is 6.54 Å². The highest BCUT2D eigenvalue weighted by Crippen LogP contribution is 2.16. The van der Waals surface area contributed by atoms with Crippen molar-refractivity contribution < 1.29 is 18.9 Å². The van der Waals surface area contributed by atoms with Crippen LogP contribution in [0.1, 0.15) is 13.8 Å². The van der Waals surface area contributed by atoms with Crippen LogP contribution in [0.2, 0.25) is 0 Å². The second-order valence-electron chi connectivity index (χ2n) is 4.28. The fourth-order valence-corrected chi connectivity index (χ4v) is 1.39. The highest BCUT2D eigenvalue weighted by Gasteiger charge is 2.27. The van der Waals surface area contributed by atoms with E-state index in [-0.39, 0.29) is 6.04 Å². The maximum absolute atomic E-state index is 5.53. The predicted octanol–water partition coefficient (Wildman–Crippen LogP) is 0.391. The molecule has 16 heavy (non-hydrogen) atoms. The lowest BCUT2D eigenvalue weighted by Gasteiger charge is -2.35. The first-order valence-corrected chi connectivity index (χ1v) is 5.72. The topological polar surface area (TPSA) is 49.0 Å². The molecule has 1 aliphatic heterocycles. The number of hydrogen-bond donors (Lipinski definition) is 1. The van der Waals surface area contributed by atoms with Gasteiger partial charge in [-0.15, -0.1) is 0 Å². The summed E-state index contributed by atoms with van der Waals surface area (Å²) in [6.07, 6.45) is 0. The molecule has 0 aromatic rings. The fraction of sp³-hybridized carbons (Fsp3) is 1.00. The van der Waals surface area contributed by atoms with Crippen molar-refractivity contribution in [2.45, 2.75) is 25.7 Å². The quantitative estimate of drug-likeness (QED) is 0.645. The molecule has 1 N–H and O–H groups in total. The van der Waals surface area contributed by atoms with Gasteiger partial charge < -0.3 is 24.3 Å². The van der Waals surface area contributed by atoms with Gasteiger partial charge in [0.25, 0.3) is 0 Å². The average Bonchev–Trinajstić information content (AvgIpc) is 2.25. The number of rotatable bonds is 7. The van der Waals surface area contributed by atoms with E-state index >= 15 is 0 Å². The van der Waals surface area contributed by atoms with Gasteiger partial charge in [0.1, 0.15) is 0 Å². The van der Waals surface area contributed by atoms with Crippen LogP contribution in [0.15, 0.2) is 0 Å². The fourth-order valence-electron chi connectivity index (χ4n) is 1.39. The van der Waals surface area contributed by atoms with Crippen LogP contribution in [0, 0.1) is 0 Å². The monoisotopic (exact) mass is 233 g/mol. The Labute approximate surface area is 97.4 Å². The van der Waals surface area contributed by atoms with E-state index < -0.39 is 5.79 Å². The van der Waals surface area contributed by atoms with Crippen molar-refractivity contribution in [3.63, 3.8) is 0 Å². The van der Waals surface area contributed by atoms with Crippen LogP contribution in [0.4, 0.5) is 0 Å². The van der Waals surface area contributed by atoms with Crippen LogP contribution in [0.25, 0.3) is 0 Å². The van der Waals surface area contributed by atoms with Crippen molar-refractivity contribution in [2.24, 2.45) is 0 Å². The molecule has 1 saturated heterocycles. The summed E-state index contributed by atoms with van der Waals surface area (Å²) >= 11 is 0. The Morgan fingerprint density at radius 2 is 1.88 bits per heavy atom. The number of nitrogens with one attached hydrogen (secondary N) is 1. The third-order valence-corrected chi connectivity index (χ3v) is 2.38. The van der Waals surface area contributed by atoms with Gasteiger partial charge in [-0.1, -0.05) is 0 Å². The van der Waals surface area contributed by atoms with Crippen molar-refractivity contribution in [2.75, 3.05) is 46.7 Å². The highest BCUT2D eigenvalue weighted by molar-refractivity contribution is 4.72. The molecule has 0 aliphatic carbocycles. The molecule has 0 aromatic carbocycles. The van der Waals surface area contributed by atoms with Gasteiger partial charge in [-0.25, -0.2) is 0 Å². The van der Waals surface area contributed by atoms with Crippen LogP contribution < -0.4 is 5.32 Å². The molecule has 0 bridgehead atoms. The van der Waals surface area contributed by atoms with Gasteiger partial charge in [0.15, 0.2) is 5.79 Å². The molecule has 0 aromatic heterocycles.